The highest BCUT2D eigenvalue weighted by Gasteiger charge is 2.58. The first kappa shape index (κ1) is 22.6. The Balaban J connectivity index is 1.26. The van der Waals surface area contributed by atoms with Gasteiger partial charge < -0.3 is 5.32 Å². The summed E-state index contributed by atoms with van der Waals surface area (Å²) in [6.07, 6.45) is 0.552. The maximum atomic E-state index is 13.2. The molecule has 2 aromatic carbocycles. The van der Waals surface area contributed by atoms with Crippen LogP contribution in [0.2, 0.25) is 0 Å². The van der Waals surface area contributed by atoms with E-state index in [1.807, 2.05) is 18.2 Å². The Kier molecular flexibility index (Phi) is 6.42. The summed E-state index contributed by atoms with van der Waals surface area (Å²) in [6.45, 7) is 4.86. The normalized spacial score (nSPS) is 20.9. The number of rotatable bonds is 6. The standard InChI is InChI=1S/C26H29F3N2O/c1-19(15-20-7-3-2-4-8-20)18-31-13-11-25(12-14-31)16-23(25)24(32)30-17-21-9-5-6-10-22(21)26(27,28)29/h2-10,15,23H,11-14,16-18H2,1H3,(H,30,32)/b19-15+/t23-/m1/s1. The lowest BCUT2D eigenvalue weighted by molar-refractivity contribution is -0.138. The molecule has 0 aromatic heterocycles. The number of alkyl halides is 3. The summed E-state index contributed by atoms with van der Waals surface area (Å²) in [5.74, 6) is -0.195. The fourth-order valence-corrected chi connectivity index (χ4v) is 4.92. The molecule has 2 aliphatic rings. The lowest BCUT2D eigenvalue weighted by atomic mass is 9.90. The molecule has 6 heteroatoms. The van der Waals surface area contributed by atoms with Crippen LogP contribution >= 0.6 is 0 Å². The third kappa shape index (κ3) is 5.23. The van der Waals surface area contributed by atoms with Gasteiger partial charge >= 0.3 is 6.18 Å². The Hall–Kier alpha value is -2.60. The molecule has 4 rings (SSSR count). The molecule has 1 heterocycles. The Morgan fingerprint density at radius 1 is 1.09 bits per heavy atom. The van der Waals surface area contributed by atoms with E-state index in [2.05, 4.69) is 35.3 Å². The zero-order valence-corrected chi connectivity index (χ0v) is 18.3. The highest BCUT2D eigenvalue weighted by atomic mass is 19.4. The quantitative estimate of drug-likeness (QED) is 0.638. The lowest BCUT2D eigenvalue weighted by Gasteiger charge is -2.33. The number of halogens is 3. The third-order valence-corrected chi connectivity index (χ3v) is 6.82. The van der Waals surface area contributed by atoms with Crippen molar-refractivity contribution in [2.45, 2.75) is 38.9 Å². The molecule has 2 aromatic rings. The molecular formula is C26H29F3N2O. The predicted octanol–water partition coefficient (Wildman–Crippen LogP) is 5.53. The predicted molar refractivity (Wildman–Crippen MR) is 120 cm³/mol. The summed E-state index contributed by atoms with van der Waals surface area (Å²) in [5, 5.41) is 2.75. The van der Waals surface area contributed by atoms with Crippen LogP contribution < -0.4 is 5.32 Å². The molecule has 2 fully saturated rings. The maximum absolute atomic E-state index is 13.2. The van der Waals surface area contributed by atoms with E-state index in [0.29, 0.717) is 0 Å². The highest BCUT2D eigenvalue weighted by molar-refractivity contribution is 5.82. The molecule has 1 saturated heterocycles. The van der Waals surface area contributed by atoms with Gasteiger partial charge in [0.15, 0.2) is 0 Å². The molecule has 3 nitrogen and oxygen atoms in total. The molecule has 1 N–H and O–H groups in total. The van der Waals surface area contributed by atoms with E-state index in [0.717, 1.165) is 45.0 Å². The van der Waals surface area contributed by atoms with Crippen molar-refractivity contribution in [3.8, 4) is 0 Å². The van der Waals surface area contributed by atoms with Crippen molar-refractivity contribution in [1.82, 2.24) is 10.2 Å². The number of piperidine rings is 1. The van der Waals surface area contributed by atoms with Gasteiger partial charge in [0.25, 0.3) is 0 Å². The fourth-order valence-electron chi connectivity index (χ4n) is 4.92. The van der Waals surface area contributed by atoms with E-state index in [9.17, 15) is 18.0 Å². The topological polar surface area (TPSA) is 32.3 Å². The van der Waals surface area contributed by atoms with Crippen LogP contribution in [0.3, 0.4) is 0 Å². The molecule has 0 bridgehead atoms. The highest BCUT2D eigenvalue weighted by Crippen LogP contribution is 2.59. The van der Waals surface area contributed by atoms with Gasteiger partial charge in [0.2, 0.25) is 5.91 Å². The number of carbonyl (C=O) groups is 1. The molecule has 32 heavy (non-hydrogen) atoms. The number of amides is 1. The second-order valence-electron chi connectivity index (χ2n) is 9.17. The monoisotopic (exact) mass is 442 g/mol. The van der Waals surface area contributed by atoms with E-state index in [1.165, 1.54) is 23.3 Å². The largest absolute Gasteiger partial charge is 0.416 e. The first-order chi connectivity index (χ1) is 15.3. The van der Waals surface area contributed by atoms with Gasteiger partial charge in [0.1, 0.15) is 0 Å². The minimum absolute atomic E-state index is 0.0289. The average molecular weight is 443 g/mol. The second-order valence-corrected chi connectivity index (χ2v) is 9.17. The number of benzene rings is 2. The Morgan fingerprint density at radius 2 is 1.75 bits per heavy atom. The molecule has 1 saturated carbocycles. The van der Waals surface area contributed by atoms with Crippen molar-refractivity contribution in [3.63, 3.8) is 0 Å². The molecule has 0 unspecified atom stereocenters. The van der Waals surface area contributed by atoms with Gasteiger partial charge in [-0.05, 0) is 61.9 Å². The van der Waals surface area contributed by atoms with Crippen LogP contribution in [0.25, 0.3) is 6.08 Å². The number of nitrogens with zero attached hydrogens (tertiary/aromatic N) is 1. The van der Waals surface area contributed by atoms with Crippen molar-refractivity contribution in [3.05, 3.63) is 76.9 Å². The summed E-state index contributed by atoms with van der Waals surface area (Å²) in [5.41, 5.74) is 1.96. The summed E-state index contributed by atoms with van der Waals surface area (Å²) in [6, 6.07) is 15.7. The van der Waals surface area contributed by atoms with Crippen LogP contribution in [0.15, 0.2) is 60.2 Å². The minimum atomic E-state index is -4.41. The molecule has 170 valence electrons. The maximum Gasteiger partial charge on any atom is 0.416 e. The van der Waals surface area contributed by atoms with E-state index >= 15 is 0 Å². The van der Waals surface area contributed by atoms with Gasteiger partial charge in [-0.15, -0.1) is 0 Å². The van der Waals surface area contributed by atoms with Crippen molar-refractivity contribution in [2.24, 2.45) is 11.3 Å². The van der Waals surface area contributed by atoms with Gasteiger partial charge in [-0.2, -0.15) is 13.2 Å². The lowest BCUT2D eigenvalue weighted by Crippen LogP contribution is -2.37. The molecular weight excluding hydrogens is 413 g/mol. The van der Waals surface area contributed by atoms with Crippen LogP contribution in [-0.4, -0.2) is 30.4 Å². The summed E-state index contributed by atoms with van der Waals surface area (Å²) < 4.78 is 39.5. The second kappa shape index (κ2) is 9.10. The molecule has 1 atom stereocenters. The van der Waals surface area contributed by atoms with Crippen molar-refractivity contribution in [1.29, 1.82) is 0 Å². The van der Waals surface area contributed by atoms with Crippen LogP contribution in [0.4, 0.5) is 13.2 Å². The van der Waals surface area contributed by atoms with Gasteiger partial charge in [-0.1, -0.05) is 60.2 Å². The summed E-state index contributed by atoms with van der Waals surface area (Å²) in [7, 11) is 0. The van der Waals surface area contributed by atoms with Crippen molar-refractivity contribution < 1.29 is 18.0 Å². The number of nitrogens with one attached hydrogen (secondary N) is 1. The van der Waals surface area contributed by atoms with Gasteiger partial charge in [-0.25, -0.2) is 0 Å². The Morgan fingerprint density at radius 3 is 2.44 bits per heavy atom. The number of carbonyl (C=O) groups excluding carboxylic acids is 1. The number of likely N-dealkylation sites (tertiary alicyclic amines) is 1. The number of hydrogen-bond acceptors (Lipinski definition) is 2. The Bertz CT molecular complexity index is 976. The molecule has 1 spiro atoms. The van der Waals surface area contributed by atoms with Crippen LogP contribution in [0, 0.1) is 11.3 Å². The first-order valence-electron chi connectivity index (χ1n) is 11.1. The molecule has 0 radical (unpaired) electrons. The molecule has 1 aliphatic heterocycles. The Labute approximate surface area is 187 Å². The SMILES string of the molecule is C/C(=C\c1ccccc1)CN1CCC2(CC1)C[C@@H]2C(=O)NCc1ccccc1C(F)(F)F. The first-order valence-corrected chi connectivity index (χ1v) is 11.1. The number of hydrogen-bond donors (Lipinski definition) is 1. The van der Waals surface area contributed by atoms with Crippen LogP contribution in [-0.2, 0) is 17.5 Å². The van der Waals surface area contributed by atoms with Gasteiger partial charge in [0.05, 0.1) is 5.56 Å². The van der Waals surface area contributed by atoms with Gasteiger partial charge in [0, 0.05) is 19.0 Å². The van der Waals surface area contributed by atoms with Crippen LogP contribution in [0.5, 0.6) is 0 Å². The summed E-state index contributed by atoms with van der Waals surface area (Å²) in [4.78, 5) is 15.1. The zero-order valence-electron chi connectivity index (χ0n) is 18.3. The third-order valence-electron chi connectivity index (χ3n) is 6.82. The van der Waals surface area contributed by atoms with E-state index in [1.54, 1.807) is 6.07 Å². The van der Waals surface area contributed by atoms with E-state index in [-0.39, 0.29) is 29.3 Å². The smallest absolute Gasteiger partial charge is 0.352 e. The molecule has 1 aliphatic carbocycles. The zero-order chi connectivity index (χ0) is 22.8. The van der Waals surface area contributed by atoms with Crippen molar-refractivity contribution >= 4 is 12.0 Å². The van der Waals surface area contributed by atoms with Crippen molar-refractivity contribution in [2.75, 3.05) is 19.6 Å². The van der Waals surface area contributed by atoms with E-state index in [4.69, 9.17) is 0 Å². The van der Waals surface area contributed by atoms with Gasteiger partial charge in [-0.3, -0.25) is 9.69 Å². The minimum Gasteiger partial charge on any atom is -0.352 e. The molecule has 1 amide bonds. The fraction of sp³-hybridized carbons (Fsp3) is 0.423. The van der Waals surface area contributed by atoms with Crippen LogP contribution in [0.1, 0.15) is 42.9 Å². The average Bonchev–Trinajstić information content (AvgIpc) is 3.47. The summed E-state index contributed by atoms with van der Waals surface area (Å²) >= 11 is 0. The van der Waals surface area contributed by atoms with E-state index < -0.39 is 11.7 Å².